The number of thiazole rings is 1. The topological polar surface area (TPSA) is 105 Å². The van der Waals surface area contributed by atoms with E-state index in [0.29, 0.717) is 24.5 Å². The van der Waals surface area contributed by atoms with E-state index < -0.39 is 10.0 Å². The average Bonchev–Trinajstić information content (AvgIpc) is 3.33. The first-order chi connectivity index (χ1) is 14.5. The van der Waals surface area contributed by atoms with Gasteiger partial charge in [-0.05, 0) is 24.3 Å². The number of primary sulfonamides is 1. The minimum Gasteiger partial charge on any atom is -0.490 e. The lowest BCUT2D eigenvalue weighted by Gasteiger charge is -2.23. The van der Waals surface area contributed by atoms with Crippen molar-refractivity contribution in [3.05, 3.63) is 70.9 Å². The van der Waals surface area contributed by atoms with Crippen LogP contribution in [0.2, 0.25) is 0 Å². The first-order valence-electron chi connectivity index (χ1n) is 9.33. The zero-order valence-electron chi connectivity index (χ0n) is 15.7. The van der Waals surface area contributed by atoms with E-state index >= 15 is 0 Å². The Kier molecular flexibility index (Phi) is 4.73. The molecule has 2 N–H and O–H groups in total. The molecule has 2 atom stereocenters. The molecule has 0 bridgehead atoms. The van der Waals surface area contributed by atoms with Crippen LogP contribution in [-0.4, -0.2) is 26.1 Å². The van der Waals surface area contributed by atoms with Crippen LogP contribution in [0.3, 0.4) is 0 Å². The third-order valence-electron chi connectivity index (χ3n) is 5.02. The molecule has 1 unspecified atom stereocenters. The Hall–Kier alpha value is -2.88. The molecule has 9 heteroatoms. The Balaban J connectivity index is 1.55. The number of sulfonamides is 1. The van der Waals surface area contributed by atoms with Gasteiger partial charge in [-0.25, -0.2) is 18.5 Å². The molecular formula is C21H18N2O5S2. The molecule has 5 rings (SSSR count). The quantitative estimate of drug-likeness (QED) is 0.514. The van der Waals surface area contributed by atoms with E-state index in [9.17, 15) is 8.42 Å². The molecule has 0 spiro atoms. The minimum absolute atomic E-state index is 0.0166. The third kappa shape index (κ3) is 3.55. The molecule has 0 saturated carbocycles. The van der Waals surface area contributed by atoms with Gasteiger partial charge in [0.25, 0.3) is 0 Å². The maximum absolute atomic E-state index is 11.7. The SMILES string of the molecule is NS(=O)(=O)c1ccc2c(c1)OCCC([C@H](c1cc3ccccc3o1)c1nccs1)O2. The van der Waals surface area contributed by atoms with Gasteiger partial charge in [0.1, 0.15) is 28.4 Å². The number of rotatable bonds is 4. The molecule has 0 aliphatic carbocycles. The number of ether oxygens (including phenoxy) is 2. The zero-order chi connectivity index (χ0) is 20.7. The molecule has 1 aliphatic rings. The molecule has 3 heterocycles. The van der Waals surface area contributed by atoms with Crippen LogP contribution >= 0.6 is 11.3 Å². The van der Waals surface area contributed by atoms with Crippen molar-refractivity contribution in [2.75, 3.05) is 6.61 Å². The van der Waals surface area contributed by atoms with Crippen molar-refractivity contribution in [2.45, 2.75) is 23.3 Å². The fourth-order valence-corrected chi connectivity index (χ4v) is 4.95. The standard InChI is InChI=1S/C21H18N2O5S2/c22-30(24,25)14-5-6-16-18(12-14)26-9-7-17(28-16)20(21-23-8-10-29-21)19-11-13-3-1-2-4-15(13)27-19/h1-6,8,10-12,17,20H,7,9H2,(H2,22,24,25)/t17?,20-/m1/s1. The van der Waals surface area contributed by atoms with Crippen LogP contribution in [0.5, 0.6) is 11.5 Å². The molecule has 2 aromatic carbocycles. The van der Waals surface area contributed by atoms with Gasteiger partial charge in [0.15, 0.2) is 11.5 Å². The van der Waals surface area contributed by atoms with Crippen LogP contribution in [0.1, 0.15) is 23.1 Å². The summed E-state index contributed by atoms with van der Waals surface area (Å²) in [5, 5.41) is 9.05. The highest BCUT2D eigenvalue weighted by atomic mass is 32.2. The largest absolute Gasteiger partial charge is 0.490 e. The van der Waals surface area contributed by atoms with E-state index in [1.54, 1.807) is 12.3 Å². The number of nitrogens with zero attached hydrogens (tertiary/aromatic N) is 1. The lowest BCUT2D eigenvalue weighted by molar-refractivity contribution is 0.165. The molecule has 7 nitrogen and oxygen atoms in total. The van der Waals surface area contributed by atoms with Gasteiger partial charge in [-0.1, -0.05) is 18.2 Å². The number of para-hydroxylation sites is 1. The van der Waals surface area contributed by atoms with Crippen molar-refractivity contribution in [1.82, 2.24) is 4.98 Å². The first kappa shape index (κ1) is 19.1. The molecule has 0 radical (unpaired) electrons. The predicted molar refractivity (Wildman–Crippen MR) is 113 cm³/mol. The first-order valence-corrected chi connectivity index (χ1v) is 11.8. The van der Waals surface area contributed by atoms with Crippen LogP contribution in [0, 0.1) is 0 Å². The van der Waals surface area contributed by atoms with Crippen molar-refractivity contribution >= 4 is 32.3 Å². The number of benzene rings is 2. The molecule has 0 amide bonds. The maximum Gasteiger partial charge on any atom is 0.238 e. The van der Waals surface area contributed by atoms with Gasteiger partial charge >= 0.3 is 0 Å². The van der Waals surface area contributed by atoms with Gasteiger partial charge in [-0.2, -0.15) is 0 Å². The summed E-state index contributed by atoms with van der Waals surface area (Å²) in [7, 11) is -3.83. The fourth-order valence-electron chi connectivity index (χ4n) is 3.62. The highest BCUT2D eigenvalue weighted by Crippen LogP contribution is 2.40. The van der Waals surface area contributed by atoms with Gasteiger partial charge in [0, 0.05) is 29.5 Å². The van der Waals surface area contributed by atoms with E-state index in [-0.39, 0.29) is 16.9 Å². The molecule has 0 saturated heterocycles. The molecule has 0 fully saturated rings. The Morgan fingerprint density at radius 3 is 2.77 bits per heavy atom. The monoisotopic (exact) mass is 442 g/mol. The molecular weight excluding hydrogens is 424 g/mol. The van der Waals surface area contributed by atoms with Gasteiger partial charge in [0.2, 0.25) is 10.0 Å². The minimum atomic E-state index is -3.83. The van der Waals surface area contributed by atoms with Crippen molar-refractivity contribution < 1.29 is 22.3 Å². The maximum atomic E-state index is 11.7. The molecule has 4 aromatic rings. The van der Waals surface area contributed by atoms with Crippen LogP contribution in [0.25, 0.3) is 11.0 Å². The number of hydrogen-bond donors (Lipinski definition) is 1. The van der Waals surface area contributed by atoms with E-state index in [4.69, 9.17) is 19.0 Å². The second-order valence-electron chi connectivity index (χ2n) is 6.98. The van der Waals surface area contributed by atoms with Crippen molar-refractivity contribution in [3.8, 4) is 11.5 Å². The van der Waals surface area contributed by atoms with Gasteiger partial charge in [-0.15, -0.1) is 11.3 Å². The summed E-state index contributed by atoms with van der Waals surface area (Å²) in [6.45, 7) is 0.355. The third-order valence-corrected chi connectivity index (χ3v) is 6.79. The summed E-state index contributed by atoms with van der Waals surface area (Å²) in [5.41, 5.74) is 0.803. The molecule has 2 aromatic heterocycles. The Morgan fingerprint density at radius 2 is 2.00 bits per heavy atom. The summed E-state index contributed by atoms with van der Waals surface area (Å²) >= 11 is 1.54. The lowest BCUT2D eigenvalue weighted by Crippen LogP contribution is -2.26. The zero-order valence-corrected chi connectivity index (χ0v) is 17.4. The van der Waals surface area contributed by atoms with Crippen molar-refractivity contribution in [1.29, 1.82) is 0 Å². The summed E-state index contributed by atoms with van der Waals surface area (Å²) < 4.78 is 41.6. The van der Waals surface area contributed by atoms with Gasteiger partial charge in [0.05, 0.1) is 11.5 Å². The van der Waals surface area contributed by atoms with Crippen molar-refractivity contribution in [3.63, 3.8) is 0 Å². The number of aromatic nitrogens is 1. The number of furan rings is 1. The average molecular weight is 443 g/mol. The summed E-state index contributed by atoms with van der Waals surface area (Å²) in [4.78, 5) is 4.50. The normalized spacial score (nSPS) is 17.6. The van der Waals surface area contributed by atoms with Crippen LogP contribution in [0.15, 0.2) is 69.4 Å². The summed E-state index contributed by atoms with van der Waals surface area (Å²) in [5.74, 6) is 1.35. The van der Waals surface area contributed by atoms with Crippen LogP contribution in [-0.2, 0) is 10.0 Å². The smallest absolute Gasteiger partial charge is 0.238 e. The lowest BCUT2D eigenvalue weighted by atomic mass is 9.97. The van der Waals surface area contributed by atoms with Crippen molar-refractivity contribution in [2.24, 2.45) is 5.14 Å². The predicted octanol–water partition coefficient (Wildman–Crippen LogP) is 3.90. The van der Waals surface area contributed by atoms with Crippen LogP contribution in [0.4, 0.5) is 0 Å². The molecule has 154 valence electrons. The van der Waals surface area contributed by atoms with E-state index in [1.807, 2.05) is 35.7 Å². The highest BCUT2D eigenvalue weighted by Gasteiger charge is 2.34. The summed E-state index contributed by atoms with van der Waals surface area (Å²) in [6, 6.07) is 14.2. The molecule has 1 aliphatic heterocycles. The van der Waals surface area contributed by atoms with E-state index in [2.05, 4.69) is 4.98 Å². The van der Waals surface area contributed by atoms with E-state index in [0.717, 1.165) is 21.7 Å². The van der Waals surface area contributed by atoms with Gasteiger partial charge < -0.3 is 13.9 Å². The van der Waals surface area contributed by atoms with Gasteiger partial charge in [-0.3, -0.25) is 0 Å². The number of fused-ring (bicyclic) bond motifs is 2. The number of nitrogens with two attached hydrogens (primary N) is 1. The van der Waals surface area contributed by atoms with E-state index in [1.165, 1.54) is 23.5 Å². The highest BCUT2D eigenvalue weighted by molar-refractivity contribution is 7.89. The second kappa shape index (κ2) is 7.42. The van der Waals surface area contributed by atoms with Crippen LogP contribution < -0.4 is 14.6 Å². The number of hydrogen-bond acceptors (Lipinski definition) is 7. The Morgan fingerprint density at radius 1 is 1.13 bits per heavy atom. The fraction of sp³-hybridized carbons (Fsp3) is 0.190. The second-order valence-corrected chi connectivity index (χ2v) is 9.47. The summed E-state index contributed by atoms with van der Waals surface area (Å²) in [6.07, 6.45) is 2.02. The Bertz CT molecular complexity index is 1270. The Labute approximate surface area is 177 Å². The molecule has 30 heavy (non-hydrogen) atoms.